The van der Waals surface area contributed by atoms with Gasteiger partial charge in [-0.05, 0) is 62.7 Å². The maximum atomic E-state index is 12.3. The highest BCUT2D eigenvalue weighted by atomic mass is 32.2. The Morgan fingerprint density at radius 3 is 1.92 bits per heavy atom. The van der Waals surface area contributed by atoms with Crippen LogP contribution in [0.5, 0.6) is 0 Å². The van der Waals surface area contributed by atoms with Gasteiger partial charge in [-0.2, -0.15) is 0 Å². The fourth-order valence-corrected chi connectivity index (χ4v) is 7.08. The normalized spacial score (nSPS) is 35.0. The summed E-state index contributed by atoms with van der Waals surface area (Å²) in [6, 6.07) is 0. The Balaban J connectivity index is 1.81. The Labute approximate surface area is 151 Å². The van der Waals surface area contributed by atoms with Gasteiger partial charge in [0.05, 0.1) is 4.75 Å². The maximum absolute atomic E-state index is 12.3. The molecule has 2 aliphatic rings. The molecule has 0 unspecified atom stereocenters. The second kappa shape index (κ2) is 9.05. The van der Waals surface area contributed by atoms with Crippen molar-refractivity contribution in [2.24, 2.45) is 17.8 Å². The lowest BCUT2D eigenvalue weighted by atomic mass is 9.68. The van der Waals surface area contributed by atoms with Crippen molar-refractivity contribution < 1.29 is 8.42 Å². The zero-order chi connectivity index (χ0) is 17.6. The van der Waals surface area contributed by atoms with Crippen molar-refractivity contribution in [1.29, 1.82) is 0 Å². The predicted molar refractivity (Wildman–Crippen MR) is 104 cm³/mol. The molecule has 0 radical (unpaired) electrons. The molecule has 0 atom stereocenters. The molecule has 0 spiro atoms. The molecule has 0 aromatic heterocycles. The van der Waals surface area contributed by atoms with Gasteiger partial charge < -0.3 is 0 Å². The van der Waals surface area contributed by atoms with Gasteiger partial charge in [0.1, 0.15) is 0 Å². The van der Waals surface area contributed by atoms with E-state index in [1.807, 2.05) is 0 Å². The maximum Gasteiger partial charge on any atom is 0.153 e. The van der Waals surface area contributed by atoms with Crippen molar-refractivity contribution in [3.8, 4) is 0 Å². The number of sulfone groups is 1. The second-order valence-electron chi connectivity index (χ2n) is 8.82. The zero-order valence-electron chi connectivity index (χ0n) is 16.4. The van der Waals surface area contributed by atoms with Crippen LogP contribution in [-0.4, -0.2) is 19.4 Å². The lowest BCUT2D eigenvalue weighted by Gasteiger charge is -2.43. The van der Waals surface area contributed by atoms with Gasteiger partial charge in [0.25, 0.3) is 0 Å². The fourth-order valence-electron chi connectivity index (χ4n) is 5.53. The molecule has 0 amide bonds. The van der Waals surface area contributed by atoms with E-state index in [1.165, 1.54) is 57.6 Å². The lowest BCUT2D eigenvalue weighted by molar-refractivity contribution is 0.146. The first-order chi connectivity index (χ1) is 11.4. The third-order valence-electron chi connectivity index (χ3n) is 7.21. The van der Waals surface area contributed by atoms with E-state index in [1.54, 1.807) is 0 Å². The minimum Gasteiger partial charge on any atom is -0.229 e. The molecular formula is C21H40O2S. The summed E-state index contributed by atoms with van der Waals surface area (Å²) in [5, 5.41) is 0. The minimum absolute atomic E-state index is 0.393. The molecule has 3 heteroatoms. The quantitative estimate of drug-likeness (QED) is 0.489. The minimum atomic E-state index is -2.93. The molecule has 2 fully saturated rings. The Hall–Kier alpha value is -0.0500. The molecule has 0 heterocycles. The first-order valence-electron chi connectivity index (χ1n) is 10.6. The molecule has 0 N–H and O–H groups in total. The fraction of sp³-hybridized carbons (Fsp3) is 1.00. The summed E-state index contributed by atoms with van der Waals surface area (Å²) in [5.41, 5.74) is 0. The summed E-state index contributed by atoms with van der Waals surface area (Å²) in [7, 11) is -2.93. The van der Waals surface area contributed by atoms with Crippen LogP contribution in [0.25, 0.3) is 0 Å². The Bertz CT molecular complexity index is 452. The summed E-state index contributed by atoms with van der Waals surface area (Å²) in [4.78, 5) is 0. The molecule has 0 aromatic rings. The molecule has 2 aliphatic carbocycles. The van der Waals surface area contributed by atoms with Crippen LogP contribution >= 0.6 is 0 Å². The molecule has 24 heavy (non-hydrogen) atoms. The Morgan fingerprint density at radius 2 is 1.42 bits per heavy atom. The molecule has 2 saturated carbocycles. The Kier molecular flexibility index (Phi) is 7.64. The lowest BCUT2D eigenvalue weighted by Crippen LogP contribution is -2.42. The number of hydrogen-bond donors (Lipinski definition) is 0. The number of rotatable bonds is 8. The van der Waals surface area contributed by atoms with Crippen LogP contribution in [0, 0.1) is 17.8 Å². The highest BCUT2D eigenvalue weighted by molar-refractivity contribution is 7.92. The van der Waals surface area contributed by atoms with Crippen LogP contribution in [0.1, 0.15) is 104 Å². The van der Waals surface area contributed by atoms with Crippen LogP contribution < -0.4 is 0 Å². The molecule has 0 saturated heterocycles. The van der Waals surface area contributed by atoms with Crippen LogP contribution in [0.2, 0.25) is 0 Å². The van der Waals surface area contributed by atoms with Crippen LogP contribution in [0.4, 0.5) is 0 Å². The third-order valence-corrected chi connectivity index (χ3v) is 9.39. The molecule has 2 nitrogen and oxygen atoms in total. The average molecular weight is 357 g/mol. The molecule has 0 bridgehead atoms. The van der Waals surface area contributed by atoms with E-state index >= 15 is 0 Å². The van der Waals surface area contributed by atoms with E-state index in [4.69, 9.17) is 0 Å². The van der Waals surface area contributed by atoms with Crippen LogP contribution in [0.3, 0.4) is 0 Å². The van der Waals surface area contributed by atoms with Crippen molar-refractivity contribution in [3.05, 3.63) is 0 Å². The monoisotopic (exact) mass is 356 g/mol. The van der Waals surface area contributed by atoms with Crippen molar-refractivity contribution in [2.75, 3.05) is 6.26 Å². The molecule has 0 aromatic carbocycles. The zero-order valence-corrected chi connectivity index (χ0v) is 17.2. The van der Waals surface area contributed by atoms with E-state index in [0.717, 1.165) is 56.3 Å². The predicted octanol–water partition coefficient (Wildman–Crippen LogP) is 6.15. The topological polar surface area (TPSA) is 34.1 Å². The summed E-state index contributed by atoms with van der Waals surface area (Å²) in [6.45, 7) is 4.41. The van der Waals surface area contributed by atoms with Gasteiger partial charge in [0, 0.05) is 6.26 Å². The number of hydrogen-bond acceptors (Lipinski definition) is 2. The van der Waals surface area contributed by atoms with Crippen LogP contribution in [0.15, 0.2) is 0 Å². The van der Waals surface area contributed by atoms with Crippen LogP contribution in [-0.2, 0) is 9.84 Å². The second-order valence-corrected chi connectivity index (χ2v) is 11.2. The van der Waals surface area contributed by atoms with Crippen molar-refractivity contribution in [1.82, 2.24) is 0 Å². The van der Waals surface area contributed by atoms with Gasteiger partial charge in [-0.1, -0.05) is 58.8 Å². The SMILES string of the molecule is CCCCCC1CCC(C2CCC(CCC)(S(C)(=O)=O)CC2)CC1. The van der Waals surface area contributed by atoms with Gasteiger partial charge in [0.15, 0.2) is 9.84 Å². The number of unbranched alkanes of at least 4 members (excludes halogenated alkanes) is 2. The third kappa shape index (κ3) is 4.99. The van der Waals surface area contributed by atoms with Crippen molar-refractivity contribution >= 4 is 9.84 Å². The first kappa shape index (κ1) is 20.3. The van der Waals surface area contributed by atoms with Crippen molar-refractivity contribution in [2.45, 2.75) is 108 Å². The van der Waals surface area contributed by atoms with Gasteiger partial charge in [-0.3, -0.25) is 0 Å². The summed E-state index contributed by atoms with van der Waals surface area (Å²) < 4.78 is 24.3. The van der Waals surface area contributed by atoms with E-state index in [9.17, 15) is 8.42 Å². The summed E-state index contributed by atoms with van der Waals surface area (Å²) in [5.74, 6) is 2.66. The summed E-state index contributed by atoms with van der Waals surface area (Å²) in [6.07, 6.45) is 18.7. The van der Waals surface area contributed by atoms with E-state index in [0.29, 0.717) is 0 Å². The standard InChI is InChI=1S/C21H40O2S/c1-4-6-7-8-18-9-11-19(12-10-18)20-13-16-21(15-5-2,17-14-20)24(3,22)23/h18-20H,4-17H2,1-3H3. The van der Waals surface area contributed by atoms with Gasteiger partial charge in [-0.15, -0.1) is 0 Å². The van der Waals surface area contributed by atoms with Gasteiger partial charge in [0.2, 0.25) is 0 Å². The Morgan fingerprint density at radius 1 is 0.833 bits per heavy atom. The highest BCUT2D eigenvalue weighted by Crippen LogP contribution is 2.46. The molecule has 2 rings (SSSR count). The van der Waals surface area contributed by atoms with Gasteiger partial charge in [-0.25, -0.2) is 8.42 Å². The first-order valence-corrected chi connectivity index (χ1v) is 12.5. The average Bonchev–Trinajstić information content (AvgIpc) is 2.56. The highest BCUT2D eigenvalue weighted by Gasteiger charge is 2.44. The van der Waals surface area contributed by atoms with E-state index in [2.05, 4.69) is 13.8 Å². The molecule has 142 valence electrons. The van der Waals surface area contributed by atoms with Gasteiger partial charge >= 0.3 is 0 Å². The largest absolute Gasteiger partial charge is 0.229 e. The smallest absolute Gasteiger partial charge is 0.153 e. The van der Waals surface area contributed by atoms with E-state index < -0.39 is 14.6 Å². The van der Waals surface area contributed by atoms with Crippen molar-refractivity contribution in [3.63, 3.8) is 0 Å². The van der Waals surface area contributed by atoms with E-state index in [-0.39, 0.29) is 0 Å². The molecular weight excluding hydrogens is 316 g/mol. The molecule has 0 aliphatic heterocycles. The summed E-state index contributed by atoms with van der Waals surface area (Å²) >= 11 is 0.